The van der Waals surface area contributed by atoms with Crippen molar-refractivity contribution in [3.63, 3.8) is 0 Å². The predicted molar refractivity (Wildman–Crippen MR) is 61.0 cm³/mol. The molecular weight excluding hydrogens is 207 g/mol. The summed E-state index contributed by atoms with van der Waals surface area (Å²) in [5, 5.41) is 6.51. The second kappa shape index (κ2) is 5.32. The van der Waals surface area contributed by atoms with Crippen LogP contribution in [-0.4, -0.2) is 7.05 Å². The van der Waals surface area contributed by atoms with Crippen molar-refractivity contribution in [2.75, 3.05) is 12.4 Å². The van der Waals surface area contributed by atoms with Crippen LogP contribution in [0, 0.1) is 0 Å². The van der Waals surface area contributed by atoms with E-state index in [2.05, 4.69) is 28.8 Å². The Morgan fingerprint density at radius 1 is 1.23 bits per heavy atom. The highest BCUT2D eigenvalue weighted by atomic mass is 35.5. The molecule has 4 heteroatoms. The zero-order valence-corrected chi connectivity index (χ0v) is 9.10. The summed E-state index contributed by atoms with van der Waals surface area (Å²) in [6, 6.07) is 6.39. The van der Waals surface area contributed by atoms with Crippen LogP contribution in [0.25, 0.3) is 0 Å². The van der Waals surface area contributed by atoms with Gasteiger partial charge in [-0.15, -0.1) is 24.8 Å². The van der Waals surface area contributed by atoms with Crippen molar-refractivity contribution in [1.29, 1.82) is 0 Å². The third kappa shape index (κ3) is 2.27. The molecule has 0 bridgehead atoms. The van der Waals surface area contributed by atoms with Gasteiger partial charge in [-0.05, 0) is 17.2 Å². The molecule has 2 N–H and O–H groups in total. The molecule has 1 aromatic rings. The molecule has 0 amide bonds. The van der Waals surface area contributed by atoms with Crippen molar-refractivity contribution < 1.29 is 0 Å². The third-order valence-electron chi connectivity index (χ3n) is 2.16. The Balaban J connectivity index is 0.000000720. The first-order valence-electron chi connectivity index (χ1n) is 3.91. The first-order chi connectivity index (χ1) is 5.42. The van der Waals surface area contributed by atoms with Crippen molar-refractivity contribution in [1.82, 2.24) is 5.32 Å². The number of nitrogens with one attached hydrogen (secondary N) is 2. The molecule has 0 saturated carbocycles. The van der Waals surface area contributed by atoms with Gasteiger partial charge >= 0.3 is 0 Å². The summed E-state index contributed by atoms with van der Waals surface area (Å²) in [5.41, 5.74) is 4.11. The summed E-state index contributed by atoms with van der Waals surface area (Å²) >= 11 is 0. The van der Waals surface area contributed by atoms with Gasteiger partial charge in [0, 0.05) is 25.8 Å². The number of hydrogen-bond donors (Lipinski definition) is 2. The number of rotatable bonds is 1. The molecule has 2 rings (SSSR count). The van der Waals surface area contributed by atoms with E-state index in [9.17, 15) is 0 Å². The van der Waals surface area contributed by atoms with E-state index in [1.165, 1.54) is 16.8 Å². The smallest absolute Gasteiger partial charge is 0.0386 e. The molecule has 74 valence electrons. The Kier molecular flexibility index (Phi) is 5.14. The lowest BCUT2D eigenvalue weighted by Gasteiger charge is -2.05. The standard InChI is InChI=1S/C9H12N2.2ClH/c1-10-9-4-2-3-7-5-11-6-8(7)9;;/h2-4,10-11H,5-6H2,1H3;2*1H. The van der Waals surface area contributed by atoms with Gasteiger partial charge in [0.15, 0.2) is 0 Å². The molecule has 0 fully saturated rings. The maximum Gasteiger partial charge on any atom is 0.0386 e. The van der Waals surface area contributed by atoms with Crippen molar-refractivity contribution in [2.24, 2.45) is 0 Å². The molecule has 0 spiro atoms. The van der Waals surface area contributed by atoms with E-state index in [0.717, 1.165) is 13.1 Å². The van der Waals surface area contributed by atoms with E-state index >= 15 is 0 Å². The van der Waals surface area contributed by atoms with Gasteiger partial charge in [0.1, 0.15) is 0 Å². The van der Waals surface area contributed by atoms with Crippen LogP contribution < -0.4 is 10.6 Å². The molecule has 1 aliphatic rings. The number of fused-ring (bicyclic) bond motifs is 1. The Labute approximate surface area is 90.9 Å². The van der Waals surface area contributed by atoms with Crippen molar-refractivity contribution in [3.8, 4) is 0 Å². The number of hydrogen-bond acceptors (Lipinski definition) is 2. The third-order valence-corrected chi connectivity index (χ3v) is 2.16. The lowest BCUT2D eigenvalue weighted by atomic mass is 10.1. The highest BCUT2D eigenvalue weighted by Crippen LogP contribution is 2.23. The summed E-state index contributed by atoms with van der Waals surface area (Å²) in [4.78, 5) is 0. The molecule has 0 unspecified atom stereocenters. The average molecular weight is 221 g/mol. The summed E-state index contributed by atoms with van der Waals surface area (Å²) in [5.74, 6) is 0. The molecule has 0 radical (unpaired) electrons. The zero-order chi connectivity index (χ0) is 7.68. The van der Waals surface area contributed by atoms with E-state index in [1.807, 2.05) is 7.05 Å². The van der Waals surface area contributed by atoms with Gasteiger partial charge in [0.05, 0.1) is 0 Å². The van der Waals surface area contributed by atoms with Gasteiger partial charge in [-0.25, -0.2) is 0 Å². The molecule has 2 nitrogen and oxygen atoms in total. The molecule has 1 aliphatic heterocycles. The summed E-state index contributed by atoms with van der Waals surface area (Å²) in [6.45, 7) is 2.02. The van der Waals surface area contributed by atoms with Crippen LogP contribution in [0.2, 0.25) is 0 Å². The van der Waals surface area contributed by atoms with Crippen LogP contribution in [0.3, 0.4) is 0 Å². The summed E-state index contributed by atoms with van der Waals surface area (Å²) in [6.07, 6.45) is 0. The van der Waals surface area contributed by atoms with Crippen LogP contribution in [0.1, 0.15) is 11.1 Å². The van der Waals surface area contributed by atoms with Gasteiger partial charge in [0.25, 0.3) is 0 Å². The molecule has 0 aromatic heterocycles. The fourth-order valence-corrected chi connectivity index (χ4v) is 1.57. The highest BCUT2D eigenvalue weighted by Gasteiger charge is 2.11. The Morgan fingerprint density at radius 3 is 2.69 bits per heavy atom. The maximum absolute atomic E-state index is 3.32. The van der Waals surface area contributed by atoms with Gasteiger partial charge in [-0.1, -0.05) is 12.1 Å². The minimum absolute atomic E-state index is 0. The lowest BCUT2D eigenvalue weighted by molar-refractivity contribution is 0.765. The summed E-state index contributed by atoms with van der Waals surface area (Å²) in [7, 11) is 1.97. The minimum atomic E-state index is 0. The van der Waals surface area contributed by atoms with Gasteiger partial charge in [-0.2, -0.15) is 0 Å². The Hall–Kier alpha value is -0.440. The van der Waals surface area contributed by atoms with E-state index in [4.69, 9.17) is 0 Å². The first kappa shape index (κ1) is 12.6. The lowest BCUT2D eigenvalue weighted by Crippen LogP contribution is -2.01. The second-order valence-corrected chi connectivity index (χ2v) is 2.80. The highest BCUT2D eigenvalue weighted by molar-refractivity contribution is 5.85. The quantitative estimate of drug-likeness (QED) is 0.759. The van der Waals surface area contributed by atoms with E-state index in [1.54, 1.807) is 0 Å². The van der Waals surface area contributed by atoms with E-state index in [0.29, 0.717) is 0 Å². The number of anilines is 1. The first-order valence-corrected chi connectivity index (χ1v) is 3.91. The molecule has 1 heterocycles. The SMILES string of the molecule is CNc1cccc2c1CNC2.Cl.Cl. The molecule has 1 aromatic carbocycles. The fraction of sp³-hybridized carbons (Fsp3) is 0.333. The van der Waals surface area contributed by atoms with Crippen LogP contribution in [0.5, 0.6) is 0 Å². The fourth-order valence-electron chi connectivity index (χ4n) is 1.57. The largest absolute Gasteiger partial charge is 0.388 e. The summed E-state index contributed by atoms with van der Waals surface area (Å²) < 4.78 is 0. The maximum atomic E-state index is 3.32. The second-order valence-electron chi connectivity index (χ2n) is 2.80. The van der Waals surface area contributed by atoms with Crippen molar-refractivity contribution in [3.05, 3.63) is 29.3 Å². The van der Waals surface area contributed by atoms with Crippen LogP contribution in [-0.2, 0) is 13.1 Å². The topological polar surface area (TPSA) is 24.1 Å². The predicted octanol–water partition coefficient (Wildman–Crippen LogP) is 2.18. The van der Waals surface area contributed by atoms with E-state index < -0.39 is 0 Å². The Morgan fingerprint density at radius 2 is 2.00 bits per heavy atom. The van der Waals surface area contributed by atoms with Crippen molar-refractivity contribution in [2.45, 2.75) is 13.1 Å². The van der Waals surface area contributed by atoms with Gasteiger partial charge in [-0.3, -0.25) is 0 Å². The van der Waals surface area contributed by atoms with Gasteiger partial charge < -0.3 is 10.6 Å². The number of halogens is 2. The van der Waals surface area contributed by atoms with Crippen molar-refractivity contribution >= 4 is 30.5 Å². The van der Waals surface area contributed by atoms with E-state index in [-0.39, 0.29) is 24.8 Å². The molecule has 0 saturated heterocycles. The zero-order valence-electron chi connectivity index (χ0n) is 7.46. The van der Waals surface area contributed by atoms with Crippen LogP contribution in [0.15, 0.2) is 18.2 Å². The Bertz CT molecular complexity index is 276. The number of benzene rings is 1. The van der Waals surface area contributed by atoms with Crippen LogP contribution in [0.4, 0.5) is 5.69 Å². The average Bonchev–Trinajstić information content (AvgIpc) is 2.50. The van der Waals surface area contributed by atoms with Gasteiger partial charge in [0.2, 0.25) is 0 Å². The van der Waals surface area contributed by atoms with Crippen LogP contribution >= 0.6 is 24.8 Å². The molecule has 0 aliphatic carbocycles. The minimum Gasteiger partial charge on any atom is -0.388 e. The normalized spacial score (nSPS) is 12.4. The molecular formula is C9H14Cl2N2. The molecule has 0 atom stereocenters. The monoisotopic (exact) mass is 220 g/mol. The molecule has 13 heavy (non-hydrogen) atoms.